The molecule has 0 radical (unpaired) electrons. The lowest BCUT2D eigenvalue weighted by Crippen LogP contribution is -2.27. The van der Waals surface area contributed by atoms with Crippen molar-refractivity contribution in [3.05, 3.63) is 46.2 Å². The fourth-order valence-electron chi connectivity index (χ4n) is 1.86. The number of aromatic nitrogens is 2. The third kappa shape index (κ3) is 3.01. The first-order chi connectivity index (χ1) is 9.52. The summed E-state index contributed by atoms with van der Waals surface area (Å²) in [6, 6.07) is 7.08. The fraction of sp³-hybridized carbons (Fsp3) is 0.286. The normalized spacial score (nSPS) is 10.4. The van der Waals surface area contributed by atoms with Crippen LogP contribution >= 0.6 is 15.9 Å². The van der Waals surface area contributed by atoms with Gasteiger partial charge in [-0.05, 0) is 40.2 Å². The molecule has 1 aromatic heterocycles. The van der Waals surface area contributed by atoms with E-state index in [0.29, 0.717) is 12.1 Å². The average Bonchev–Trinajstić information content (AvgIpc) is 2.78. The summed E-state index contributed by atoms with van der Waals surface area (Å²) in [6.07, 6.45) is 1.72. The van der Waals surface area contributed by atoms with E-state index >= 15 is 0 Å². The minimum Gasteiger partial charge on any atom is -0.497 e. The molecule has 0 atom stereocenters. The quantitative estimate of drug-likeness (QED) is 0.860. The van der Waals surface area contributed by atoms with E-state index in [1.807, 2.05) is 7.05 Å². The molecule has 20 heavy (non-hydrogen) atoms. The third-order valence-electron chi connectivity index (χ3n) is 3.08. The summed E-state index contributed by atoms with van der Waals surface area (Å²) in [5, 5.41) is 4.14. The molecular formula is C14H16BrN3O2. The maximum atomic E-state index is 12.3. The number of aryl methyl sites for hydroxylation is 1. The van der Waals surface area contributed by atoms with Gasteiger partial charge < -0.3 is 9.64 Å². The van der Waals surface area contributed by atoms with Gasteiger partial charge in [-0.3, -0.25) is 9.48 Å². The molecule has 106 valence electrons. The third-order valence-corrected chi connectivity index (χ3v) is 3.74. The molecule has 5 nitrogen and oxygen atoms in total. The highest BCUT2D eigenvalue weighted by atomic mass is 79.9. The van der Waals surface area contributed by atoms with Crippen LogP contribution in [0.3, 0.4) is 0 Å². The van der Waals surface area contributed by atoms with Crippen LogP contribution in [-0.4, -0.2) is 34.7 Å². The van der Waals surface area contributed by atoms with Crippen molar-refractivity contribution in [1.82, 2.24) is 14.7 Å². The standard InChI is InChI=1S/C14H16BrN3O2/c1-17(9-13-12(15)8-16-18(13)2)14(19)10-4-6-11(20-3)7-5-10/h4-8H,9H2,1-3H3. The van der Waals surface area contributed by atoms with Crippen molar-refractivity contribution in [3.8, 4) is 5.75 Å². The lowest BCUT2D eigenvalue weighted by Gasteiger charge is -2.17. The van der Waals surface area contributed by atoms with Crippen molar-refractivity contribution in [2.75, 3.05) is 14.2 Å². The second-order valence-electron chi connectivity index (χ2n) is 4.45. The number of hydrogen-bond donors (Lipinski definition) is 0. The van der Waals surface area contributed by atoms with Gasteiger partial charge in [0.2, 0.25) is 0 Å². The molecule has 0 saturated heterocycles. The van der Waals surface area contributed by atoms with Crippen LogP contribution in [0.2, 0.25) is 0 Å². The number of methoxy groups -OCH3 is 1. The van der Waals surface area contributed by atoms with Crippen molar-refractivity contribution in [2.45, 2.75) is 6.54 Å². The highest BCUT2D eigenvalue weighted by Crippen LogP contribution is 2.18. The highest BCUT2D eigenvalue weighted by molar-refractivity contribution is 9.10. The Morgan fingerprint density at radius 1 is 1.40 bits per heavy atom. The van der Waals surface area contributed by atoms with Crippen LogP contribution < -0.4 is 4.74 Å². The Morgan fingerprint density at radius 2 is 2.05 bits per heavy atom. The summed E-state index contributed by atoms with van der Waals surface area (Å²) >= 11 is 3.43. The zero-order valence-corrected chi connectivity index (χ0v) is 13.2. The molecule has 0 spiro atoms. The average molecular weight is 338 g/mol. The van der Waals surface area contributed by atoms with E-state index in [9.17, 15) is 4.79 Å². The predicted molar refractivity (Wildman–Crippen MR) is 79.7 cm³/mol. The minimum absolute atomic E-state index is 0.0410. The second kappa shape index (κ2) is 6.09. The Labute approximate surface area is 126 Å². The van der Waals surface area contributed by atoms with Crippen molar-refractivity contribution in [1.29, 1.82) is 0 Å². The Morgan fingerprint density at radius 3 is 2.55 bits per heavy atom. The molecule has 0 fully saturated rings. The fourth-order valence-corrected chi connectivity index (χ4v) is 2.34. The van der Waals surface area contributed by atoms with Crippen LogP contribution in [0.15, 0.2) is 34.9 Å². The molecule has 1 amide bonds. The van der Waals surface area contributed by atoms with E-state index in [0.717, 1.165) is 15.9 Å². The summed E-state index contributed by atoms with van der Waals surface area (Å²) in [6.45, 7) is 0.488. The minimum atomic E-state index is -0.0410. The van der Waals surface area contributed by atoms with Crippen LogP contribution in [-0.2, 0) is 13.6 Å². The van der Waals surface area contributed by atoms with Gasteiger partial charge in [-0.1, -0.05) is 0 Å². The number of benzene rings is 1. The Bertz CT molecular complexity index is 588. The molecule has 2 aromatic rings. The molecule has 0 saturated carbocycles. The Hall–Kier alpha value is -1.82. The first kappa shape index (κ1) is 14.6. The predicted octanol–water partition coefficient (Wildman–Crippen LogP) is 2.46. The lowest BCUT2D eigenvalue weighted by atomic mass is 10.2. The number of amides is 1. The number of carbonyl (C=O) groups excluding carboxylic acids is 1. The first-order valence-electron chi connectivity index (χ1n) is 6.09. The van der Waals surface area contributed by atoms with Crippen molar-refractivity contribution < 1.29 is 9.53 Å². The molecule has 0 aliphatic carbocycles. The van der Waals surface area contributed by atoms with Gasteiger partial charge >= 0.3 is 0 Å². The largest absolute Gasteiger partial charge is 0.497 e. The lowest BCUT2D eigenvalue weighted by molar-refractivity contribution is 0.0781. The molecule has 0 aliphatic heterocycles. The zero-order chi connectivity index (χ0) is 14.7. The van der Waals surface area contributed by atoms with E-state index < -0.39 is 0 Å². The van der Waals surface area contributed by atoms with Gasteiger partial charge in [0, 0.05) is 19.7 Å². The van der Waals surface area contributed by atoms with E-state index in [1.54, 1.807) is 54.2 Å². The summed E-state index contributed by atoms with van der Waals surface area (Å²) < 4.78 is 7.73. The van der Waals surface area contributed by atoms with Gasteiger partial charge in [-0.15, -0.1) is 0 Å². The summed E-state index contributed by atoms with van der Waals surface area (Å²) in [5.74, 6) is 0.694. The maximum Gasteiger partial charge on any atom is 0.253 e. The number of halogens is 1. The summed E-state index contributed by atoms with van der Waals surface area (Å²) in [5.41, 5.74) is 1.58. The Balaban J connectivity index is 2.12. The number of ether oxygens (including phenoxy) is 1. The number of hydrogen-bond acceptors (Lipinski definition) is 3. The number of carbonyl (C=O) groups is 1. The van der Waals surface area contributed by atoms with Crippen LogP contribution in [0.4, 0.5) is 0 Å². The topological polar surface area (TPSA) is 47.4 Å². The summed E-state index contributed by atoms with van der Waals surface area (Å²) in [4.78, 5) is 14.0. The molecule has 6 heteroatoms. The molecule has 1 aromatic carbocycles. The SMILES string of the molecule is COc1ccc(C(=O)N(C)Cc2c(Br)cnn2C)cc1. The maximum absolute atomic E-state index is 12.3. The molecule has 0 bridgehead atoms. The number of rotatable bonds is 4. The van der Waals surface area contributed by atoms with Crippen molar-refractivity contribution in [3.63, 3.8) is 0 Å². The molecule has 0 N–H and O–H groups in total. The van der Waals surface area contributed by atoms with Crippen LogP contribution in [0, 0.1) is 0 Å². The van der Waals surface area contributed by atoms with Crippen LogP contribution in [0.1, 0.15) is 16.1 Å². The van der Waals surface area contributed by atoms with Gasteiger partial charge in [-0.2, -0.15) is 5.10 Å². The summed E-state index contributed by atoms with van der Waals surface area (Å²) in [7, 11) is 5.22. The van der Waals surface area contributed by atoms with Gasteiger partial charge in [0.1, 0.15) is 5.75 Å². The smallest absolute Gasteiger partial charge is 0.253 e. The van der Waals surface area contributed by atoms with Crippen LogP contribution in [0.5, 0.6) is 5.75 Å². The van der Waals surface area contributed by atoms with E-state index in [2.05, 4.69) is 21.0 Å². The van der Waals surface area contributed by atoms with Crippen molar-refractivity contribution >= 4 is 21.8 Å². The van der Waals surface area contributed by atoms with Gasteiger partial charge in [0.05, 0.1) is 30.0 Å². The first-order valence-corrected chi connectivity index (χ1v) is 6.88. The van der Waals surface area contributed by atoms with E-state index in [4.69, 9.17) is 4.74 Å². The molecule has 0 aliphatic rings. The van der Waals surface area contributed by atoms with E-state index in [-0.39, 0.29) is 5.91 Å². The van der Waals surface area contributed by atoms with E-state index in [1.165, 1.54) is 0 Å². The van der Waals surface area contributed by atoms with Gasteiger partial charge in [-0.25, -0.2) is 0 Å². The highest BCUT2D eigenvalue weighted by Gasteiger charge is 2.15. The van der Waals surface area contributed by atoms with Crippen molar-refractivity contribution in [2.24, 2.45) is 7.05 Å². The molecule has 0 unspecified atom stereocenters. The van der Waals surface area contributed by atoms with Crippen LogP contribution in [0.25, 0.3) is 0 Å². The van der Waals surface area contributed by atoms with Gasteiger partial charge in [0.25, 0.3) is 5.91 Å². The monoisotopic (exact) mass is 337 g/mol. The van der Waals surface area contributed by atoms with Gasteiger partial charge in [0.15, 0.2) is 0 Å². The Kier molecular flexibility index (Phi) is 4.44. The number of nitrogens with zero attached hydrogens (tertiary/aromatic N) is 3. The second-order valence-corrected chi connectivity index (χ2v) is 5.31. The zero-order valence-electron chi connectivity index (χ0n) is 11.6. The molecule has 1 heterocycles. The molecular weight excluding hydrogens is 322 g/mol. The molecule has 2 rings (SSSR count).